The van der Waals surface area contributed by atoms with Crippen LogP contribution in [0.3, 0.4) is 0 Å². The van der Waals surface area contributed by atoms with Crippen LogP contribution in [0.15, 0.2) is 22.9 Å². The van der Waals surface area contributed by atoms with E-state index in [9.17, 15) is 4.79 Å². The number of rotatable bonds is 2. The van der Waals surface area contributed by atoms with Crippen LogP contribution in [0.1, 0.15) is 12.8 Å². The first kappa shape index (κ1) is 12.3. The van der Waals surface area contributed by atoms with Gasteiger partial charge in [0.05, 0.1) is 11.9 Å². The van der Waals surface area contributed by atoms with Crippen LogP contribution >= 0.6 is 15.9 Å². The van der Waals surface area contributed by atoms with Crippen LogP contribution in [0.25, 0.3) is 0 Å². The standard InChI is InChI=1S/C11H14BrN3O2/c12-10-2-1-9(7-13-10)15-11(16)14-8-3-5-17-6-4-8/h1-2,7-8H,3-6H2,(H2,14,15,16). The molecule has 1 aliphatic heterocycles. The summed E-state index contributed by atoms with van der Waals surface area (Å²) in [5, 5.41) is 5.65. The second-order valence-electron chi connectivity index (χ2n) is 3.85. The van der Waals surface area contributed by atoms with Gasteiger partial charge in [-0.25, -0.2) is 9.78 Å². The van der Waals surface area contributed by atoms with E-state index in [0.717, 1.165) is 17.4 Å². The van der Waals surface area contributed by atoms with Crippen LogP contribution in [-0.2, 0) is 4.74 Å². The molecule has 1 fully saturated rings. The van der Waals surface area contributed by atoms with E-state index >= 15 is 0 Å². The van der Waals surface area contributed by atoms with Crippen LogP contribution in [0, 0.1) is 0 Å². The van der Waals surface area contributed by atoms with Crippen LogP contribution in [0.4, 0.5) is 10.5 Å². The summed E-state index contributed by atoms with van der Waals surface area (Å²) in [5.41, 5.74) is 0.678. The number of hydrogen-bond donors (Lipinski definition) is 2. The summed E-state index contributed by atoms with van der Waals surface area (Å²) in [7, 11) is 0. The maximum Gasteiger partial charge on any atom is 0.319 e. The van der Waals surface area contributed by atoms with Gasteiger partial charge >= 0.3 is 6.03 Å². The summed E-state index contributed by atoms with van der Waals surface area (Å²) >= 11 is 3.24. The highest BCUT2D eigenvalue weighted by Gasteiger charge is 2.15. The summed E-state index contributed by atoms with van der Waals surface area (Å²) < 4.78 is 5.97. The lowest BCUT2D eigenvalue weighted by atomic mass is 10.1. The van der Waals surface area contributed by atoms with Crippen molar-refractivity contribution in [3.05, 3.63) is 22.9 Å². The minimum Gasteiger partial charge on any atom is -0.381 e. The number of carbonyl (C=O) groups is 1. The first-order chi connectivity index (χ1) is 8.24. The van der Waals surface area contributed by atoms with Gasteiger partial charge in [-0.2, -0.15) is 0 Å². The zero-order valence-electron chi connectivity index (χ0n) is 9.28. The van der Waals surface area contributed by atoms with Crippen molar-refractivity contribution in [2.45, 2.75) is 18.9 Å². The van der Waals surface area contributed by atoms with E-state index in [2.05, 4.69) is 31.5 Å². The minimum atomic E-state index is -0.193. The Morgan fingerprint density at radius 2 is 2.18 bits per heavy atom. The third kappa shape index (κ3) is 3.98. The van der Waals surface area contributed by atoms with Crippen molar-refractivity contribution in [3.63, 3.8) is 0 Å². The molecule has 6 heteroatoms. The van der Waals surface area contributed by atoms with Crippen molar-refractivity contribution in [2.24, 2.45) is 0 Å². The molecule has 5 nitrogen and oxygen atoms in total. The molecule has 0 spiro atoms. The Morgan fingerprint density at radius 3 is 2.82 bits per heavy atom. The number of amides is 2. The van der Waals surface area contributed by atoms with Crippen LogP contribution < -0.4 is 10.6 Å². The Hall–Kier alpha value is -1.14. The van der Waals surface area contributed by atoms with Gasteiger partial charge in [0.1, 0.15) is 4.60 Å². The molecule has 0 aliphatic carbocycles. The topological polar surface area (TPSA) is 63.2 Å². The van der Waals surface area contributed by atoms with Crippen LogP contribution in [0.2, 0.25) is 0 Å². The fourth-order valence-electron chi connectivity index (χ4n) is 1.64. The average molecular weight is 300 g/mol. The first-order valence-corrected chi connectivity index (χ1v) is 6.30. The number of nitrogens with zero attached hydrogens (tertiary/aromatic N) is 1. The molecule has 0 saturated carbocycles. The molecule has 2 amide bonds. The summed E-state index contributed by atoms with van der Waals surface area (Å²) in [5.74, 6) is 0. The molecule has 17 heavy (non-hydrogen) atoms. The third-order valence-electron chi connectivity index (χ3n) is 2.54. The minimum absolute atomic E-state index is 0.193. The van der Waals surface area contributed by atoms with E-state index in [1.165, 1.54) is 0 Å². The number of nitrogens with one attached hydrogen (secondary N) is 2. The predicted molar refractivity (Wildman–Crippen MR) is 67.9 cm³/mol. The van der Waals surface area contributed by atoms with Gasteiger partial charge in [-0.3, -0.25) is 0 Å². The monoisotopic (exact) mass is 299 g/mol. The molecular weight excluding hydrogens is 286 g/mol. The molecule has 92 valence electrons. The second kappa shape index (κ2) is 5.97. The number of anilines is 1. The number of pyridine rings is 1. The summed E-state index contributed by atoms with van der Waals surface area (Å²) in [4.78, 5) is 15.7. The molecule has 0 atom stereocenters. The van der Waals surface area contributed by atoms with Crippen molar-refractivity contribution in [1.82, 2.24) is 10.3 Å². The molecule has 2 rings (SSSR count). The van der Waals surface area contributed by atoms with Gasteiger partial charge in [0.2, 0.25) is 0 Å². The second-order valence-corrected chi connectivity index (χ2v) is 4.67. The van der Waals surface area contributed by atoms with E-state index in [0.29, 0.717) is 18.9 Å². The van der Waals surface area contributed by atoms with Crippen molar-refractivity contribution < 1.29 is 9.53 Å². The van der Waals surface area contributed by atoms with Gasteiger partial charge in [0.15, 0.2) is 0 Å². The fourth-order valence-corrected chi connectivity index (χ4v) is 1.88. The molecule has 0 aromatic carbocycles. The van der Waals surface area contributed by atoms with Gasteiger partial charge in [0, 0.05) is 19.3 Å². The predicted octanol–water partition coefficient (Wildman–Crippen LogP) is 2.14. The Morgan fingerprint density at radius 1 is 1.41 bits per heavy atom. The Balaban J connectivity index is 1.82. The molecule has 2 N–H and O–H groups in total. The molecule has 0 unspecified atom stereocenters. The summed E-state index contributed by atoms with van der Waals surface area (Å²) in [6.45, 7) is 1.43. The van der Waals surface area contributed by atoms with Crippen LogP contribution in [0.5, 0.6) is 0 Å². The lowest BCUT2D eigenvalue weighted by Gasteiger charge is -2.23. The van der Waals surface area contributed by atoms with Crippen molar-refractivity contribution >= 4 is 27.6 Å². The van der Waals surface area contributed by atoms with Gasteiger partial charge in [-0.15, -0.1) is 0 Å². The largest absolute Gasteiger partial charge is 0.381 e. The summed E-state index contributed by atoms with van der Waals surface area (Å²) in [6.07, 6.45) is 3.34. The highest BCUT2D eigenvalue weighted by atomic mass is 79.9. The van der Waals surface area contributed by atoms with Gasteiger partial charge in [-0.1, -0.05) is 0 Å². The summed E-state index contributed by atoms with van der Waals surface area (Å²) in [6, 6.07) is 3.58. The number of aromatic nitrogens is 1. The van der Waals surface area contributed by atoms with Gasteiger partial charge < -0.3 is 15.4 Å². The maximum atomic E-state index is 11.7. The lowest BCUT2D eigenvalue weighted by molar-refractivity contribution is 0.0806. The Kier molecular flexibility index (Phi) is 4.33. The molecule has 0 bridgehead atoms. The molecular formula is C11H14BrN3O2. The molecule has 1 aliphatic rings. The van der Waals surface area contributed by atoms with E-state index in [4.69, 9.17) is 4.74 Å². The zero-order chi connectivity index (χ0) is 12.1. The van der Waals surface area contributed by atoms with E-state index in [1.807, 2.05) is 0 Å². The normalized spacial score (nSPS) is 16.5. The Labute approximate surface area is 108 Å². The Bertz CT molecular complexity index is 377. The van der Waals surface area contributed by atoms with E-state index in [-0.39, 0.29) is 12.1 Å². The average Bonchev–Trinajstić information content (AvgIpc) is 2.33. The number of hydrogen-bond acceptors (Lipinski definition) is 3. The highest BCUT2D eigenvalue weighted by molar-refractivity contribution is 9.10. The van der Waals surface area contributed by atoms with Crippen molar-refractivity contribution in [2.75, 3.05) is 18.5 Å². The van der Waals surface area contributed by atoms with Crippen molar-refractivity contribution in [1.29, 1.82) is 0 Å². The van der Waals surface area contributed by atoms with Gasteiger partial charge in [0.25, 0.3) is 0 Å². The fraction of sp³-hybridized carbons (Fsp3) is 0.455. The molecule has 2 heterocycles. The number of urea groups is 1. The first-order valence-electron chi connectivity index (χ1n) is 5.51. The van der Waals surface area contributed by atoms with E-state index in [1.54, 1.807) is 18.3 Å². The van der Waals surface area contributed by atoms with Crippen LogP contribution in [-0.4, -0.2) is 30.3 Å². The molecule has 1 saturated heterocycles. The molecule has 1 aromatic heterocycles. The molecule has 0 radical (unpaired) electrons. The van der Waals surface area contributed by atoms with Gasteiger partial charge in [-0.05, 0) is 40.9 Å². The van der Waals surface area contributed by atoms with Crippen molar-refractivity contribution in [3.8, 4) is 0 Å². The zero-order valence-corrected chi connectivity index (χ0v) is 10.9. The van der Waals surface area contributed by atoms with E-state index < -0.39 is 0 Å². The third-order valence-corrected chi connectivity index (χ3v) is 3.01. The number of carbonyl (C=O) groups excluding carboxylic acids is 1. The number of ether oxygens (including phenoxy) is 1. The maximum absolute atomic E-state index is 11.7. The quantitative estimate of drug-likeness (QED) is 0.823. The smallest absolute Gasteiger partial charge is 0.319 e. The lowest BCUT2D eigenvalue weighted by Crippen LogP contribution is -2.41. The number of halogens is 1. The SMILES string of the molecule is O=C(Nc1ccc(Br)nc1)NC1CCOCC1. The highest BCUT2D eigenvalue weighted by Crippen LogP contribution is 2.11. The molecule has 1 aromatic rings.